The summed E-state index contributed by atoms with van der Waals surface area (Å²) in [6.07, 6.45) is 0.581. The normalized spacial score (nSPS) is 19.2. The van der Waals surface area contributed by atoms with Crippen molar-refractivity contribution in [2.24, 2.45) is 5.73 Å². The van der Waals surface area contributed by atoms with Gasteiger partial charge in [0.25, 0.3) is 11.7 Å². The van der Waals surface area contributed by atoms with Crippen LogP contribution in [0.2, 0.25) is 0 Å². The first kappa shape index (κ1) is 18.2. The standard InChI is InChI=1S/C19H20N2O4S/c1-25-13-7-5-12(6-8-13)17(22)15-16(14-4-2-11-26-14)21(10-3-9-20)19(24)18(15)23/h2,4-8,11,16,22H,3,9-10,20H2,1H3/b17-15-. The summed E-state index contributed by atoms with van der Waals surface area (Å²) in [5.41, 5.74) is 6.14. The van der Waals surface area contributed by atoms with Crippen molar-refractivity contribution in [3.05, 3.63) is 57.8 Å². The summed E-state index contributed by atoms with van der Waals surface area (Å²) in [4.78, 5) is 27.5. The minimum Gasteiger partial charge on any atom is -0.507 e. The van der Waals surface area contributed by atoms with E-state index in [1.54, 1.807) is 31.4 Å². The summed E-state index contributed by atoms with van der Waals surface area (Å²) in [6, 6.07) is 9.83. The maximum Gasteiger partial charge on any atom is 0.295 e. The van der Waals surface area contributed by atoms with Gasteiger partial charge in [-0.15, -0.1) is 11.3 Å². The molecule has 1 fully saturated rings. The van der Waals surface area contributed by atoms with Crippen molar-refractivity contribution in [2.45, 2.75) is 12.5 Å². The van der Waals surface area contributed by atoms with E-state index in [0.717, 1.165) is 4.88 Å². The molecule has 6 nitrogen and oxygen atoms in total. The van der Waals surface area contributed by atoms with E-state index in [4.69, 9.17) is 10.5 Å². The first-order valence-electron chi connectivity index (χ1n) is 8.24. The van der Waals surface area contributed by atoms with Crippen LogP contribution in [0.25, 0.3) is 5.76 Å². The van der Waals surface area contributed by atoms with Crippen LogP contribution in [-0.2, 0) is 9.59 Å². The third kappa shape index (κ3) is 3.23. The van der Waals surface area contributed by atoms with Crippen molar-refractivity contribution in [2.75, 3.05) is 20.2 Å². The summed E-state index contributed by atoms with van der Waals surface area (Å²) in [6.45, 7) is 0.779. The zero-order valence-corrected chi connectivity index (χ0v) is 15.2. The first-order chi connectivity index (χ1) is 12.6. The third-order valence-corrected chi connectivity index (χ3v) is 5.24. The summed E-state index contributed by atoms with van der Waals surface area (Å²) in [7, 11) is 1.55. The van der Waals surface area contributed by atoms with Gasteiger partial charge in [-0.1, -0.05) is 6.07 Å². The number of methoxy groups -OCH3 is 1. The number of ether oxygens (including phenoxy) is 1. The molecule has 1 amide bonds. The van der Waals surface area contributed by atoms with Gasteiger partial charge in [-0.2, -0.15) is 0 Å². The van der Waals surface area contributed by atoms with E-state index in [1.165, 1.54) is 16.2 Å². The average Bonchev–Trinajstić information content (AvgIpc) is 3.27. The van der Waals surface area contributed by atoms with Crippen molar-refractivity contribution in [1.29, 1.82) is 0 Å². The Morgan fingerprint density at radius 1 is 1.27 bits per heavy atom. The summed E-state index contributed by atoms with van der Waals surface area (Å²) < 4.78 is 5.12. The molecule has 1 unspecified atom stereocenters. The number of thiophene rings is 1. The molecule has 0 bridgehead atoms. The Labute approximate surface area is 155 Å². The highest BCUT2D eigenvalue weighted by Crippen LogP contribution is 2.41. The smallest absolute Gasteiger partial charge is 0.295 e. The van der Waals surface area contributed by atoms with E-state index in [1.807, 2.05) is 17.5 Å². The van der Waals surface area contributed by atoms with Crippen LogP contribution in [0.15, 0.2) is 47.4 Å². The van der Waals surface area contributed by atoms with Crippen LogP contribution in [0.4, 0.5) is 0 Å². The van der Waals surface area contributed by atoms with Gasteiger partial charge in [-0.3, -0.25) is 9.59 Å². The van der Waals surface area contributed by atoms with Crippen LogP contribution < -0.4 is 10.5 Å². The minimum atomic E-state index is -0.672. The van der Waals surface area contributed by atoms with Gasteiger partial charge in [0.1, 0.15) is 11.5 Å². The Kier molecular flexibility index (Phi) is 5.39. The number of Topliss-reactive ketones (excluding diaryl/α,β-unsaturated/α-hetero) is 1. The predicted octanol–water partition coefficient (Wildman–Crippen LogP) is 2.53. The molecule has 1 aliphatic heterocycles. The van der Waals surface area contributed by atoms with Gasteiger partial charge >= 0.3 is 0 Å². The number of carbonyl (C=O) groups is 2. The Hall–Kier alpha value is -2.64. The second kappa shape index (κ2) is 7.72. The van der Waals surface area contributed by atoms with Crippen LogP contribution in [0, 0.1) is 0 Å². The van der Waals surface area contributed by atoms with Gasteiger partial charge in [0.15, 0.2) is 0 Å². The monoisotopic (exact) mass is 372 g/mol. The quantitative estimate of drug-likeness (QED) is 0.462. The minimum absolute atomic E-state index is 0.111. The van der Waals surface area contributed by atoms with E-state index >= 15 is 0 Å². The van der Waals surface area contributed by atoms with E-state index in [2.05, 4.69) is 0 Å². The van der Waals surface area contributed by atoms with Crippen molar-refractivity contribution < 1.29 is 19.4 Å². The summed E-state index contributed by atoms with van der Waals surface area (Å²) in [5, 5.41) is 12.7. The topological polar surface area (TPSA) is 92.9 Å². The third-order valence-electron chi connectivity index (χ3n) is 4.32. The second-order valence-electron chi connectivity index (χ2n) is 5.88. The average molecular weight is 372 g/mol. The molecule has 7 heteroatoms. The zero-order chi connectivity index (χ0) is 18.7. The Morgan fingerprint density at radius 2 is 2.00 bits per heavy atom. The lowest BCUT2D eigenvalue weighted by molar-refractivity contribution is -0.139. The maximum absolute atomic E-state index is 12.7. The number of aliphatic hydroxyl groups is 1. The lowest BCUT2D eigenvalue weighted by Gasteiger charge is -2.23. The van der Waals surface area contributed by atoms with Crippen molar-refractivity contribution >= 4 is 28.8 Å². The molecule has 0 spiro atoms. The number of nitrogens with two attached hydrogens (primary N) is 1. The van der Waals surface area contributed by atoms with E-state index < -0.39 is 17.7 Å². The lowest BCUT2D eigenvalue weighted by atomic mass is 10.00. The Bertz CT molecular complexity index is 828. The maximum atomic E-state index is 12.7. The molecule has 1 aliphatic rings. The lowest BCUT2D eigenvalue weighted by Crippen LogP contribution is -2.31. The van der Waals surface area contributed by atoms with E-state index in [9.17, 15) is 14.7 Å². The number of carbonyl (C=O) groups excluding carboxylic acids is 2. The van der Waals surface area contributed by atoms with Crippen LogP contribution in [-0.4, -0.2) is 41.9 Å². The summed E-state index contributed by atoms with van der Waals surface area (Å²) >= 11 is 1.44. The molecular weight excluding hydrogens is 352 g/mol. The number of likely N-dealkylation sites (tertiary alicyclic amines) is 1. The molecule has 3 N–H and O–H groups in total. The van der Waals surface area contributed by atoms with Gasteiger partial charge in [-0.05, 0) is 48.7 Å². The Morgan fingerprint density at radius 3 is 2.58 bits per heavy atom. The molecule has 136 valence electrons. The molecule has 1 aromatic heterocycles. The number of nitrogens with zero attached hydrogens (tertiary/aromatic N) is 1. The van der Waals surface area contributed by atoms with E-state index in [0.29, 0.717) is 30.8 Å². The van der Waals surface area contributed by atoms with Gasteiger partial charge in [-0.25, -0.2) is 0 Å². The first-order valence-corrected chi connectivity index (χ1v) is 9.12. The fraction of sp³-hybridized carbons (Fsp3) is 0.263. The molecule has 0 radical (unpaired) electrons. The fourth-order valence-electron chi connectivity index (χ4n) is 3.02. The second-order valence-corrected chi connectivity index (χ2v) is 6.86. The molecule has 2 aromatic rings. The van der Waals surface area contributed by atoms with Crippen LogP contribution in [0.5, 0.6) is 5.75 Å². The number of benzene rings is 1. The number of hydrogen-bond donors (Lipinski definition) is 2. The number of hydrogen-bond acceptors (Lipinski definition) is 6. The largest absolute Gasteiger partial charge is 0.507 e. The van der Waals surface area contributed by atoms with Crippen molar-refractivity contribution in [1.82, 2.24) is 4.90 Å². The molecule has 2 heterocycles. The highest BCUT2D eigenvalue weighted by molar-refractivity contribution is 7.10. The van der Waals surface area contributed by atoms with Crippen molar-refractivity contribution in [3.8, 4) is 5.75 Å². The Balaban J connectivity index is 2.09. The summed E-state index contributed by atoms with van der Waals surface area (Å²) in [5.74, 6) is -0.819. The molecule has 0 aliphatic carbocycles. The van der Waals surface area contributed by atoms with E-state index in [-0.39, 0.29) is 11.3 Å². The fourth-order valence-corrected chi connectivity index (χ4v) is 3.86. The zero-order valence-electron chi connectivity index (χ0n) is 14.3. The molecule has 3 rings (SSSR count). The van der Waals surface area contributed by atoms with Crippen LogP contribution in [0.3, 0.4) is 0 Å². The van der Waals surface area contributed by atoms with Gasteiger partial charge < -0.3 is 20.5 Å². The molecule has 26 heavy (non-hydrogen) atoms. The van der Waals surface area contributed by atoms with Gasteiger partial charge in [0.05, 0.1) is 18.7 Å². The van der Waals surface area contributed by atoms with Crippen molar-refractivity contribution in [3.63, 3.8) is 0 Å². The van der Waals surface area contributed by atoms with Crippen LogP contribution in [0.1, 0.15) is 22.9 Å². The number of ketones is 1. The van der Waals surface area contributed by atoms with Gasteiger partial charge in [0.2, 0.25) is 0 Å². The molecular formula is C19H20N2O4S. The molecule has 1 atom stereocenters. The molecule has 0 saturated carbocycles. The van der Waals surface area contributed by atoms with Gasteiger partial charge in [0, 0.05) is 17.0 Å². The molecule has 1 aromatic carbocycles. The molecule has 1 saturated heterocycles. The predicted molar refractivity (Wildman–Crippen MR) is 100.0 cm³/mol. The van der Waals surface area contributed by atoms with Crippen LogP contribution >= 0.6 is 11.3 Å². The number of amides is 1. The number of aliphatic hydroxyl groups excluding tert-OH is 1. The highest BCUT2D eigenvalue weighted by atomic mass is 32.1. The SMILES string of the molecule is COc1ccc(/C(O)=C2/C(=O)C(=O)N(CCCN)C2c2cccs2)cc1. The highest BCUT2D eigenvalue weighted by Gasteiger charge is 2.46. The number of rotatable bonds is 6.